The standard InChI is InChI=1S/C18H19N3/c1-12-9-18(20)21-17-11-15(5-6-16(12)17)14-4-2-3-13(10-14)7-8-19/h2-6,9-11H,7-8,19H2,1H3,(H2,20,21). The van der Waals surface area contributed by atoms with Gasteiger partial charge in [0.2, 0.25) is 0 Å². The minimum atomic E-state index is 0.564. The van der Waals surface area contributed by atoms with Crippen LogP contribution in [0.15, 0.2) is 48.5 Å². The second-order valence-corrected chi connectivity index (χ2v) is 5.34. The van der Waals surface area contributed by atoms with Gasteiger partial charge in [0.15, 0.2) is 0 Å². The third kappa shape index (κ3) is 2.73. The van der Waals surface area contributed by atoms with Gasteiger partial charge < -0.3 is 11.5 Å². The first-order chi connectivity index (χ1) is 10.2. The SMILES string of the molecule is Cc1cc(N)nc2cc(-c3cccc(CCN)c3)ccc12. The molecular weight excluding hydrogens is 258 g/mol. The fourth-order valence-corrected chi connectivity index (χ4v) is 2.68. The summed E-state index contributed by atoms with van der Waals surface area (Å²) < 4.78 is 0. The third-order valence-electron chi connectivity index (χ3n) is 3.73. The molecule has 3 rings (SSSR count). The first-order valence-electron chi connectivity index (χ1n) is 7.13. The number of hydrogen-bond acceptors (Lipinski definition) is 3. The number of fused-ring (bicyclic) bond motifs is 1. The van der Waals surface area contributed by atoms with Crippen LogP contribution in [0.1, 0.15) is 11.1 Å². The molecule has 3 nitrogen and oxygen atoms in total. The molecule has 106 valence electrons. The summed E-state index contributed by atoms with van der Waals surface area (Å²) in [4.78, 5) is 4.44. The van der Waals surface area contributed by atoms with Crippen molar-refractivity contribution in [2.45, 2.75) is 13.3 Å². The van der Waals surface area contributed by atoms with Crippen LogP contribution in [0.3, 0.4) is 0 Å². The van der Waals surface area contributed by atoms with E-state index in [4.69, 9.17) is 11.5 Å². The molecule has 0 atom stereocenters. The van der Waals surface area contributed by atoms with Crippen LogP contribution in [0.5, 0.6) is 0 Å². The molecule has 0 radical (unpaired) electrons. The molecule has 21 heavy (non-hydrogen) atoms. The summed E-state index contributed by atoms with van der Waals surface area (Å²) in [6.45, 7) is 2.72. The smallest absolute Gasteiger partial charge is 0.124 e. The number of hydrogen-bond donors (Lipinski definition) is 2. The van der Waals surface area contributed by atoms with Gasteiger partial charge in [-0.2, -0.15) is 0 Å². The molecule has 2 aromatic carbocycles. The highest BCUT2D eigenvalue weighted by Crippen LogP contribution is 2.26. The normalized spacial score (nSPS) is 11.0. The molecule has 0 unspecified atom stereocenters. The molecule has 1 heterocycles. The van der Waals surface area contributed by atoms with E-state index in [1.54, 1.807) is 0 Å². The second kappa shape index (κ2) is 5.54. The van der Waals surface area contributed by atoms with Gasteiger partial charge in [-0.1, -0.05) is 36.4 Å². The third-order valence-corrected chi connectivity index (χ3v) is 3.73. The van der Waals surface area contributed by atoms with Crippen molar-refractivity contribution >= 4 is 16.7 Å². The van der Waals surface area contributed by atoms with Crippen molar-refractivity contribution in [3.05, 3.63) is 59.7 Å². The van der Waals surface area contributed by atoms with Crippen molar-refractivity contribution in [3.63, 3.8) is 0 Å². The summed E-state index contributed by atoms with van der Waals surface area (Å²) in [6, 6.07) is 16.7. The van der Waals surface area contributed by atoms with Crippen molar-refractivity contribution in [2.75, 3.05) is 12.3 Å². The fourth-order valence-electron chi connectivity index (χ4n) is 2.68. The van der Waals surface area contributed by atoms with Crippen LogP contribution >= 0.6 is 0 Å². The summed E-state index contributed by atoms with van der Waals surface area (Å²) in [7, 11) is 0. The number of nitrogens with zero attached hydrogens (tertiary/aromatic N) is 1. The zero-order valence-electron chi connectivity index (χ0n) is 12.1. The van der Waals surface area contributed by atoms with Crippen LogP contribution in [0.25, 0.3) is 22.0 Å². The van der Waals surface area contributed by atoms with Crippen LogP contribution in [-0.2, 0) is 6.42 Å². The van der Waals surface area contributed by atoms with E-state index in [9.17, 15) is 0 Å². The molecule has 1 aromatic heterocycles. The van der Waals surface area contributed by atoms with E-state index in [2.05, 4.69) is 54.4 Å². The first kappa shape index (κ1) is 13.6. The lowest BCUT2D eigenvalue weighted by atomic mass is 9.99. The zero-order chi connectivity index (χ0) is 14.8. The van der Waals surface area contributed by atoms with Crippen LogP contribution in [0, 0.1) is 6.92 Å². The Balaban J connectivity index is 2.10. The van der Waals surface area contributed by atoms with Crippen LogP contribution in [-0.4, -0.2) is 11.5 Å². The van der Waals surface area contributed by atoms with E-state index in [0.717, 1.165) is 28.5 Å². The van der Waals surface area contributed by atoms with E-state index in [1.807, 2.05) is 6.07 Å². The van der Waals surface area contributed by atoms with E-state index >= 15 is 0 Å². The largest absolute Gasteiger partial charge is 0.384 e. The zero-order valence-corrected chi connectivity index (χ0v) is 12.1. The maximum absolute atomic E-state index is 5.85. The monoisotopic (exact) mass is 277 g/mol. The van der Waals surface area contributed by atoms with Gasteiger partial charge in [-0.05, 0) is 54.3 Å². The van der Waals surface area contributed by atoms with Gasteiger partial charge in [0.05, 0.1) is 5.52 Å². The number of pyridine rings is 1. The van der Waals surface area contributed by atoms with Crippen molar-refractivity contribution in [3.8, 4) is 11.1 Å². The molecule has 4 N–H and O–H groups in total. The summed E-state index contributed by atoms with van der Waals surface area (Å²) >= 11 is 0. The van der Waals surface area contributed by atoms with Crippen LogP contribution in [0.2, 0.25) is 0 Å². The summed E-state index contributed by atoms with van der Waals surface area (Å²) in [5.41, 5.74) is 17.2. The Labute approximate surface area is 124 Å². The van der Waals surface area contributed by atoms with Crippen molar-refractivity contribution in [1.82, 2.24) is 4.98 Å². The van der Waals surface area contributed by atoms with Gasteiger partial charge >= 0.3 is 0 Å². The molecule has 0 spiro atoms. The minimum absolute atomic E-state index is 0.564. The van der Waals surface area contributed by atoms with Gasteiger partial charge in [-0.15, -0.1) is 0 Å². The highest BCUT2D eigenvalue weighted by Gasteiger charge is 2.05. The number of rotatable bonds is 3. The molecule has 0 aliphatic rings. The topological polar surface area (TPSA) is 64.9 Å². The maximum atomic E-state index is 5.85. The predicted molar refractivity (Wildman–Crippen MR) is 89.1 cm³/mol. The van der Waals surface area contributed by atoms with Gasteiger partial charge in [-0.3, -0.25) is 0 Å². The Kier molecular flexibility index (Phi) is 3.59. The minimum Gasteiger partial charge on any atom is -0.384 e. The van der Waals surface area contributed by atoms with E-state index < -0.39 is 0 Å². The lowest BCUT2D eigenvalue weighted by molar-refractivity contribution is 0.969. The summed E-state index contributed by atoms with van der Waals surface area (Å²) in [6.07, 6.45) is 0.895. The number of nitrogen functional groups attached to an aromatic ring is 1. The van der Waals surface area contributed by atoms with Gasteiger partial charge in [-0.25, -0.2) is 4.98 Å². The average Bonchev–Trinajstić information content (AvgIpc) is 2.47. The molecule has 0 amide bonds. The van der Waals surface area contributed by atoms with E-state index in [0.29, 0.717) is 12.4 Å². The lowest BCUT2D eigenvalue weighted by Gasteiger charge is -2.08. The number of nitrogens with two attached hydrogens (primary N) is 2. The Morgan fingerprint density at radius 3 is 2.62 bits per heavy atom. The van der Waals surface area contributed by atoms with Gasteiger partial charge in [0.1, 0.15) is 5.82 Å². The summed E-state index contributed by atoms with van der Waals surface area (Å²) in [5.74, 6) is 0.564. The molecule has 0 aliphatic carbocycles. The van der Waals surface area contributed by atoms with Gasteiger partial charge in [0, 0.05) is 5.39 Å². The molecule has 0 aliphatic heterocycles. The number of aromatic nitrogens is 1. The van der Waals surface area contributed by atoms with Crippen LogP contribution < -0.4 is 11.5 Å². The Morgan fingerprint density at radius 1 is 1.00 bits per heavy atom. The molecule has 0 saturated heterocycles. The Bertz CT molecular complexity index is 794. The number of benzene rings is 2. The molecule has 0 saturated carbocycles. The van der Waals surface area contributed by atoms with Crippen LogP contribution in [0.4, 0.5) is 5.82 Å². The van der Waals surface area contributed by atoms with Crippen molar-refractivity contribution in [2.24, 2.45) is 5.73 Å². The maximum Gasteiger partial charge on any atom is 0.124 e. The highest BCUT2D eigenvalue weighted by molar-refractivity contribution is 5.87. The lowest BCUT2D eigenvalue weighted by Crippen LogP contribution is -2.02. The first-order valence-corrected chi connectivity index (χ1v) is 7.13. The Hall–Kier alpha value is -2.39. The molecule has 0 fully saturated rings. The highest BCUT2D eigenvalue weighted by atomic mass is 14.8. The molecule has 3 heteroatoms. The quantitative estimate of drug-likeness (QED) is 0.772. The summed E-state index contributed by atoms with van der Waals surface area (Å²) in [5, 5.41) is 1.14. The average molecular weight is 277 g/mol. The van der Waals surface area contributed by atoms with E-state index in [1.165, 1.54) is 11.1 Å². The van der Waals surface area contributed by atoms with Crippen molar-refractivity contribution < 1.29 is 0 Å². The Morgan fingerprint density at radius 2 is 1.81 bits per heavy atom. The predicted octanol–water partition coefficient (Wildman–Crippen LogP) is 3.29. The second-order valence-electron chi connectivity index (χ2n) is 5.34. The number of anilines is 1. The molecule has 0 bridgehead atoms. The number of aryl methyl sites for hydroxylation is 1. The van der Waals surface area contributed by atoms with E-state index in [-0.39, 0.29) is 0 Å². The molecule has 3 aromatic rings. The fraction of sp³-hybridized carbons (Fsp3) is 0.167. The van der Waals surface area contributed by atoms with Gasteiger partial charge in [0.25, 0.3) is 0 Å². The van der Waals surface area contributed by atoms with Crippen molar-refractivity contribution in [1.29, 1.82) is 0 Å². The molecular formula is C18H19N3.